The van der Waals surface area contributed by atoms with E-state index in [1.807, 2.05) is 23.5 Å². The highest BCUT2D eigenvalue weighted by Crippen LogP contribution is 2.25. The van der Waals surface area contributed by atoms with Crippen LogP contribution in [0.2, 0.25) is 0 Å². The molecule has 2 rings (SSSR count). The topological polar surface area (TPSA) is 21.3 Å². The number of thiophene rings is 1. The Morgan fingerprint density at radius 2 is 2.05 bits per heavy atom. The van der Waals surface area contributed by atoms with Crippen molar-refractivity contribution < 1.29 is 4.74 Å². The first kappa shape index (κ1) is 15.1. The van der Waals surface area contributed by atoms with Gasteiger partial charge in [-0.3, -0.25) is 0 Å². The molecule has 0 saturated carbocycles. The number of aryl methyl sites for hydroxylation is 1. The Balaban J connectivity index is 1.79. The summed E-state index contributed by atoms with van der Waals surface area (Å²) in [5.41, 5.74) is 1.23. The van der Waals surface area contributed by atoms with Gasteiger partial charge in [0.05, 0.1) is 0 Å². The molecule has 1 N–H and O–H groups in total. The maximum Gasteiger partial charge on any atom is 0.119 e. The summed E-state index contributed by atoms with van der Waals surface area (Å²) in [6.45, 7) is 8.13. The molecule has 1 atom stereocenters. The summed E-state index contributed by atoms with van der Waals surface area (Å²) in [5, 5.41) is 5.73. The molecule has 0 aliphatic rings. The van der Waals surface area contributed by atoms with Crippen LogP contribution >= 0.6 is 11.3 Å². The number of hydrogen-bond donors (Lipinski definition) is 1. The third kappa shape index (κ3) is 4.36. The Labute approximate surface area is 125 Å². The molecule has 1 heterocycles. The van der Waals surface area contributed by atoms with Crippen molar-refractivity contribution in [3.8, 4) is 5.75 Å². The van der Waals surface area contributed by atoms with E-state index >= 15 is 0 Å². The van der Waals surface area contributed by atoms with Gasteiger partial charge in [-0.1, -0.05) is 32.0 Å². The van der Waals surface area contributed by atoms with Crippen molar-refractivity contribution in [1.29, 1.82) is 0 Å². The maximum absolute atomic E-state index is 5.78. The van der Waals surface area contributed by atoms with Gasteiger partial charge in [0.1, 0.15) is 12.4 Å². The van der Waals surface area contributed by atoms with Gasteiger partial charge in [-0.05, 0) is 42.0 Å². The SMILES string of the molecule is Cc1cccc(OCCNC(c2cccs2)C(C)C)c1. The van der Waals surface area contributed by atoms with Crippen LogP contribution in [0.4, 0.5) is 0 Å². The fraction of sp³-hybridized carbons (Fsp3) is 0.412. The van der Waals surface area contributed by atoms with Gasteiger partial charge in [0, 0.05) is 17.5 Å². The summed E-state index contributed by atoms with van der Waals surface area (Å²) < 4.78 is 5.78. The Hall–Kier alpha value is -1.32. The lowest BCUT2D eigenvalue weighted by Crippen LogP contribution is -2.29. The maximum atomic E-state index is 5.78. The molecule has 2 aromatic rings. The number of ether oxygens (including phenoxy) is 1. The van der Waals surface area contributed by atoms with E-state index in [2.05, 4.69) is 55.7 Å². The molecule has 1 aromatic heterocycles. The minimum absolute atomic E-state index is 0.413. The zero-order valence-corrected chi connectivity index (χ0v) is 13.2. The molecule has 0 bridgehead atoms. The lowest BCUT2D eigenvalue weighted by Gasteiger charge is -2.21. The molecule has 0 fully saturated rings. The molecule has 1 unspecified atom stereocenters. The summed E-state index contributed by atoms with van der Waals surface area (Å²) in [6, 6.07) is 12.9. The number of hydrogen-bond acceptors (Lipinski definition) is 3. The van der Waals surface area contributed by atoms with E-state index in [9.17, 15) is 0 Å². The lowest BCUT2D eigenvalue weighted by molar-refractivity contribution is 0.294. The molecule has 20 heavy (non-hydrogen) atoms. The summed E-state index contributed by atoms with van der Waals surface area (Å²) in [7, 11) is 0. The number of nitrogens with one attached hydrogen (secondary N) is 1. The van der Waals surface area contributed by atoms with Gasteiger partial charge < -0.3 is 10.1 Å². The lowest BCUT2D eigenvalue weighted by atomic mass is 10.0. The van der Waals surface area contributed by atoms with Crippen molar-refractivity contribution in [2.75, 3.05) is 13.2 Å². The number of benzene rings is 1. The largest absolute Gasteiger partial charge is 0.492 e. The standard InChI is InChI=1S/C17H23NOS/c1-13(2)17(16-8-5-11-20-16)18-9-10-19-15-7-4-6-14(3)12-15/h4-8,11-13,17-18H,9-10H2,1-3H3. The van der Waals surface area contributed by atoms with E-state index in [0.717, 1.165) is 12.3 Å². The average Bonchev–Trinajstić information content (AvgIpc) is 2.92. The fourth-order valence-corrected chi connectivity index (χ4v) is 3.20. The minimum Gasteiger partial charge on any atom is -0.492 e. The van der Waals surface area contributed by atoms with Crippen molar-refractivity contribution in [2.45, 2.75) is 26.8 Å². The molecule has 1 aromatic carbocycles. The summed E-state index contributed by atoms with van der Waals surface area (Å²) in [6.07, 6.45) is 0. The predicted octanol–water partition coefficient (Wildman–Crippen LogP) is 4.42. The Kier molecular flexibility index (Phi) is 5.62. The van der Waals surface area contributed by atoms with Crippen LogP contribution in [0, 0.1) is 12.8 Å². The van der Waals surface area contributed by atoms with Gasteiger partial charge >= 0.3 is 0 Å². The summed E-state index contributed by atoms with van der Waals surface area (Å²) in [4.78, 5) is 1.40. The third-order valence-electron chi connectivity index (χ3n) is 3.24. The molecule has 0 amide bonds. The minimum atomic E-state index is 0.413. The van der Waals surface area contributed by atoms with E-state index in [4.69, 9.17) is 4.74 Å². The second-order valence-electron chi connectivity index (χ2n) is 5.36. The molecule has 0 aliphatic carbocycles. The van der Waals surface area contributed by atoms with E-state index < -0.39 is 0 Å². The van der Waals surface area contributed by atoms with Crippen LogP contribution in [0.15, 0.2) is 41.8 Å². The van der Waals surface area contributed by atoms with Gasteiger partial charge in [0.25, 0.3) is 0 Å². The predicted molar refractivity (Wildman–Crippen MR) is 86.6 cm³/mol. The summed E-state index contributed by atoms with van der Waals surface area (Å²) >= 11 is 1.81. The highest BCUT2D eigenvalue weighted by atomic mass is 32.1. The second kappa shape index (κ2) is 7.46. The van der Waals surface area contributed by atoms with Gasteiger partial charge in [-0.25, -0.2) is 0 Å². The molecular formula is C17H23NOS. The molecule has 0 aliphatic heterocycles. The molecule has 0 radical (unpaired) electrons. The van der Waals surface area contributed by atoms with Gasteiger partial charge in [0.2, 0.25) is 0 Å². The second-order valence-corrected chi connectivity index (χ2v) is 6.34. The van der Waals surface area contributed by atoms with E-state index in [1.165, 1.54) is 10.4 Å². The summed E-state index contributed by atoms with van der Waals surface area (Å²) in [5.74, 6) is 1.52. The first-order valence-electron chi connectivity index (χ1n) is 7.13. The van der Waals surface area contributed by atoms with Crippen molar-refractivity contribution in [1.82, 2.24) is 5.32 Å². The first-order valence-corrected chi connectivity index (χ1v) is 8.01. The van der Waals surface area contributed by atoms with Crippen LogP contribution < -0.4 is 10.1 Å². The van der Waals surface area contributed by atoms with Crippen molar-refractivity contribution in [3.63, 3.8) is 0 Å². The highest BCUT2D eigenvalue weighted by Gasteiger charge is 2.15. The smallest absolute Gasteiger partial charge is 0.119 e. The van der Waals surface area contributed by atoms with Crippen LogP contribution in [0.1, 0.15) is 30.3 Å². The van der Waals surface area contributed by atoms with E-state index in [-0.39, 0.29) is 0 Å². The third-order valence-corrected chi connectivity index (χ3v) is 4.20. The molecule has 0 saturated heterocycles. The van der Waals surface area contributed by atoms with Gasteiger partial charge in [-0.15, -0.1) is 11.3 Å². The molecule has 3 heteroatoms. The van der Waals surface area contributed by atoms with Gasteiger partial charge in [-0.2, -0.15) is 0 Å². The Morgan fingerprint density at radius 1 is 1.20 bits per heavy atom. The van der Waals surface area contributed by atoms with Crippen molar-refractivity contribution in [3.05, 3.63) is 52.2 Å². The van der Waals surface area contributed by atoms with Crippen LogP contribution in [0.5, 0.6) is 5.75 Å². The van der Waals surface area contributed by atoms with E-state index in [0.29, 0.717) is 18.6 Å². The monoisotopic (exact) mass is 289 g/mol. The highest BCUT2D eigenvalue weighted by molar-refractivity contribution is 7.10. The van der Waals surface area contributed by atoms with Crippen LogP contribution in [-0.4, -0.2) is 13.2 Å². The van der Waals surface area contributed by atoms with Crippen LogP contribution in [0.3, 0.4) is 0 Å². The first-order chi connectivity index (χ1) is 9.66. The Bertz CT molecular complexity index is 507. The number of rotatable bonds is 7. The zero-order valence-electron chi connectivity index (χ0n) is 12.4. The molecule has 2 nitrogen and oxygen atoms in total. The van der Waals surface area contributed by atoms with Crippen LogP contribution in [0.25, 0.3) is 0 Å². The normalized spacial score (nSPS) is 12.6. The fourth-order valence-electron chi connectivity index (χ4n) is 2.22. The zero-order chi connectivity index (χ0) is 14.4. The quantitative estimate of drug-likeness (QED) is 0.762. The Morgan fingerprint density at radius 3 is 2.70 bits per heavy atom. The average molecular weight is 289 g/mol. The van der Waals surface area contributed by atoms with E-state index in [1.54, 1.807) is 0 Å². The van der Waals surface area contributed by atoms with Crippen molar-refractivity contribution >= 4 is 11.3 Å². The van der Waals surface area contributed by atoms with Crippen molar-refractivity contribution in [2.24, 2.45) is 5.92 Å². The molecule has 0 spiro atoms. The molecule has 108 valence electrons. The molecular weight excluding hydrogens is 266 g/mol. The van der Waals surface area contributed by atoms with Crippen LogP contribution in [-0.2, 0) is 0 Å². The van der Waals surface area contributed by atoms with Gasteiger partial charge in [0.15, 0.2) is 0 Å².